The zero-order valence-electron chi connectivity index (χ0n) is 15.1. The Hall–Kier alpha value is -2.76. The third kappa shape index (κ3) is 5.62. The number of amides is 1. The summed E-state index contributed by atoms with van der Waals surface area (Å²) in [6.07, 6.45) is 3.04. The first-order chi connectivity index (χ1) is 13.7. The van der Waals surface area contributed by atoms with Crippen molar-refractivity contribution in [3.8, 4) is 0 Å². The minimum atomic E-state index is -4.11. The highest BCUT2D eigenvalue weighted by Crippen LogP contribution is 2.14. The Morgan fingerprint density at radius 2 is 1.79 bits per heavy atom. The van der Waals surface area contributed by atoms with Crippen molar-refractivity contribution in [1.29, 1.82) is 0 Å². The second kappa shape index (κ2) is 8.72. The van der Waals surface area contributed by atoms with Gasteiger partial charge >= 0.3 is 0 Å². The van der Waals surface area contributed by atoms with Gasteiger partial charge in [0.05, 0.1) is 16.4 Å². The van der Waals surface area contributed by atoms with Crippen molar-refractivity contribution < 1.29 is 22.0 Å². The van der Waals surface area contributed by atoms with Crippen LogP contribution < -0.4 is 10.0 Å². The summed E-state index contributed by atoms with van der Waals surface area (Å²) < 4.78 is 53.0. The predicted molar refractivity (Wildman–Crippen MR) is 103 cm³/mol. The van der Waals surface area contributed by atoms with Gasteiger partial charge in [-0.05, 0) is 30.7 Å². The topological polar surface area (TPSA) is 101 Å². The van der Waals surface area contributed by atoms with Gasteiger partial charge in [0.15, 0.2) is 0 Å². The number of aromatic nitrogens is 2. The molecule has 29 heavy (non-hydrogen) atoms. The van der Waals surface area contributed by atoms with Gasteiger partial charge in [-0.15, -0.1) is 11.3 Å². The number of rotatable bonds is 7. The van der Waals surface area contributed by atoms with E-state index in [0.717, 1.165) is 22.0 Å². The lowest BCUT2D eigenvalue weighted by Gasteiger charge is -2.08. The van der Waals surface area contributed by atoms with E-state index in [9.17, 15) is 22.0 Å². The van der Waals surface area contributed by atoms with Crippen molar-refractivity contribution in [3.05, 3.63) is 75.5 Å². The first-order valence-electron chi connectivity index (χ1n) is 8.33. The molecule has 152 valence electrons. The highest BCUT2D eigenvalue weighted by atomic mass is 32.2. The molecule has 1 amide bonds. The molecule has 0 unspecified atom stereocenters. The molecule has 7 nitrogen and oxygen atoms in total. The summed E-state index contributed by atoms with van der Waals surface area (Å²) >= 11 is 1.48. The van der Waals surface area contributed by atoms with E-state index in [1.54, 1.807) is 6.20 Å². The van der Waals surface area contributed by atoms with Gasteiger partial charge < -0.3 is 5.32 Å². The third-order valence-electron chi connectivity index (χ3n) is 3.76. The van der Waals surface area contributed by atoms with Crippen LogP contribution in [0.2, 0.25) is 0 Å². The number of benzene rings is 1. The molecule has 0 atom stereocenters. The number of pyridine rings is 1. The Kier molecular flexibility index (Phi) is 6.30. The number of nitrogens with zero attached hydrogens (tertiary/aromatic N) is 2. The first-order valence-corrected chi connectivity index (χ1v) is 10.6. The number of hydrogen-bond donors (Lipinski definition) is 2. The van der Waals surface area contributed by atoms with Crippen LogP contribution in [-0.4, -0.2) is 24.3 Å². The fourth-order valence-electron chi connectivity index (χ4n) is 2.35. The predicted octanol–water partition coefficient (Wildman–Crippen LogP) is 2.53. The van der Waals surface area contributed by atoms with E-state index >= 15 is 0 Å². The molecule has 11 heteroatoms. The average Bonchev–Trinajstić information content (AvgIpc) is 3.09. The van der Waals surface area contributed by atoms with Gasteiger partial charge in [0.2, 0.25) is 10.0 Å². The van der Waals surface area contributed by atoms with E-state index in [-0.39, 0.29) is 18.1 Å². The Balaban J connectivity index is 1.59. The van der Waals surface area contributed by atoms with E-state index in [1.165, 1.54) is 29.7 Å². The molecule has 1 aromatic carbocycles. The zero-order valence-corrected chi connectivity index (χ0v) is 16.8. The monoisotopic (exact) mass is 438 g/mol. The summed E-state index contributed by atoms with van der Waals surface area (Å²) in [7, 11) is -4.11. The molecule has 0 aliphatic carbocycles. The maximum absolute atomic E-state index is 13.2. The molecular weight excluding hydrogens is 422 g/mol. The highest BCUT2D eigenvalue weighted by molar-refractivity contribution is 7.89. The molecule has 0 radical (unpaired) electrons. The third-order valence-corrected chi connectivity index (χ3v) is 6.06. The van der Waals surface area contributed by atoms with Crippen LogP contribution in [0.25, 0.3) is 0 Å². The quantitative estimate of drug-likeness (QED) is 0.590. The normalized spacial score (nSPS) is 11.4. The molecule has 0 saturated carbocycles. The van der Waals surface area contributed by atoms with Crippen molar-refractivity contribution in [1.82, 2.24) is 20.0 Å². The summed E-state index contributed by atoms with van der Waals surface area (Å²) in [6.45, 7) is 2.04. The molecule has 2 aromatic heterocycles. The van der Waals surface area contributed by atoms with Crippen LogP contribution in [0.5, 0.6) is 0 Å². The fraction of sp³-hybridized carbons (Fsp3) is 0.167. The van der Waals surface area contributed by atoms with E-state index in [0.29, 0.717) is 18.2 Å². The number of halogens is 2. The number of aryl methyl sites for hydroxylation is 1. The van der Waals surface area contributed by atoms with Gasteiger partial charge in [0.25, 0.3) is 5.91 Å². The van der Waals surface area contributed by atoms with Gasteiger partial charge in [-0.2, -0.15) is 0 Å². The van der Waals surface area contributed by atoms with Crippen LogP contribution in [0.4, 0.5) is 8.78 Å². The van der Waals surface area contributed by atoms with Crippen LogP contribution in [0.1, 0.15) is 25.9 Å². The van der Waals surface area contributed by atoms with Gasteiger partial charge in [-0.3, -0.25) is 9.78 Å². The smallest absolute Gasteiger partial charge is 0.270 e. The van der Waals surface area contributed by atoms with Crippen LogP contribution in [-0.2, 0) is 23.1 Å². The summed E-state index contributed by atoms with van der Waals surface area (Å²) in [6, 6.07) is 5.03. The Morgan fingerprint density at radius 3 is 2.38 bits per heavy atom. The number of carbonyl (C=O) groups excluding carboxylic acids is 1. The van der Waals surface area contributed by atoms with E-state index < -0.39 is 26.6 Å². The molecule has 0 saturated heterocycles. The lowest BCUT2D eigenvalue weighted by atomic mass is 10.2. The van der Waals surface area contributed by atoms with Gasteiger partial charge in [-0.1, -0.05) is 6.07 Å². The fourth-order valence-corrected chi connectivity index (χ4v) is 4.15. The Labute approximate surface area is 169 Å². The average molecular weight is 438 g/mol. The van der Waals surface area contributed by atoms with Crippen molar-refractivity contribution in [2.75, 3.05) is 0 Å². The molecule has 3 aromatic rings. The van der Waals surface area contributed by atoms with Crippen LogP contribution in [0, 0.1) is 18.6 Å². The number of nitrogens with one attached hydrogen (secondary N) is 2. The molecular formula is C18H16F2N4O3S2. The van der Waals surface area contributed by atoms with E-state index in [4.69, 9.17) is 0 Å². The molecule has 0 spiro atoms. The number of thiazole rings is 1. The molecule has 0 aliphatic rings. The van der Waals surface area contributed by atoms with Crippen LogP contribution in [0.3, 0.4) is 0 Å². The summed E-state index contributed by atoms with van der Waals surface area (Å²) in [5, 5.41) is 3.63. The van der Waals surface area contributed by atoms with E-state index in [1.807, 2.05) is 6.92 Å². The Morgan fingerprint density at radius 1 is 1.07 bits per heavy atom. The van der Waals surface area contributed by atoms with Gasteiger partial charge in [0.1, 0.15) is 17.3 Å². The minimum absolute atomic E-state index is 0.157. The van der Waals surface area contributed by atoms with Gasteiger partial charge in [-0.25, -0.2) is 26.9 Å². The summed E-state index contributed by atoms with van der Waals surface area (Å²) in [5.74, 6) is -2.36. The summed E-state index contributed by atoms with van der Waals surface area (Å²) in [5.41, 5.74) is 0.644. The van der Waals surface area contributed by atoms with Crippen molar-refractivity contribution in [2.45, 2.75) is 24.9 Å². The lowest BCUT2D eigenvalue weighted by Crippen LogP contribution is -2.25. The number of hydrogen-bond acceptors (Lipinski definition) is 6. The molecule has 3 rings (SSSR count). The zero-order chi connectivity index (χ0) is 21.0. The maximum atomic E-state index is 13.2. The van der Waals surface area contributed by atoms with Gasteiger partial charge in [0, 0.05) is 29.9 Å². The van der Waals surface area contributed by atoms with E-state index in [2.05, 4.69) is 20.0 Å². The SMILES string of the molecule is Cc1ncc(CNC(=O)c2ccc(CNS(=O)(=O)c3cc(F)cc(F)c3)cn2)s1. The molecule has 0 fully saturated rings. The van der Waals surface area contributed by atoms with Crippen molar-refractivity contribution in [3.63, 3.8) is 0 Å². The molecule has 0 aliphatic heterocycles. The molecule has 2 N–H and O–H groups in total. The van der Waals surface area contributed by atoms with Crippen molar-refractivity contribution >= 4 is 27.3 Å². The second-order valence-corrected chi connectivity index (χ2v) is 9.10. The van der Waals surface area contributed by atoms with Crippen molar-refractivity contribution in [2.24, 2.45) is 0 Å². The molecule has 2 heterocycles. The number of sulfonamides is 1. The summed E-state index contributed by atoms with van der Waals surface area (Å²) in [4.78, 5) is 20.6. The number of carbonyl (C=O) groups is 1. The van der Waals surface area contributed by atoms with Crippen LogP contribution >= 0.6 is 11.3 Å². The first kappa shape index (κ1) is 21.0. The van der Waals surface area contributed by atoms with Crippen LogP contribution in [0.15, 0.2) is 47.6 Å². The minimum Gasteiger partial charge on any atom is -0.346 e. The second-order valence-electron chi connectivity index (χ2n) is 6.01. The highest BCUT2D eigenvalue weighted by Gasteiger charge is 2.16. The standard InChI is InChI=1S/C18H16F2N4O3S2/c1-11-21-9-15(28-11)10-23-18(25)17-3-2-12(7-22-17)8-24-29(26,27)16-5-13(19)4-14(20)6-16/h2-7,9,24H,8,10H2,1H3,(H,23,25). The largest absolute Gasteiger partial charge is 0.346 e. The molecule has 0 bridgehead atoms. The maximum Gasteiger partial charge on any atom is 0.270 e. The lowest BCUT2D eigenvalue weighted by molar-refractivity contribution is 0.0946. The Bertz CT molecular complexity index is 1110.